The van der Waals surface area contributed by atoms with Crippen LogP contribution in [0, 0.1) is 0 Å². The van der Waals surface area contributed by atoms with E-state index in [4.69, 9.17) is 9.84 Å². The number of fused-ring (bicyclic) bond motifs is 1. The second-order valence-corrected chi connectivity index (χ2v) is 4.61. The molecule has 18 heavy (non-hydrogen) atoms. The second kappa shape index (κ2) is 5.98. The number of aromatic carboxylic acids is 1. The lowest BCUT2D eigenvalue weighted by Crippen LogP contribution is -2.21. The Morgan fingerprint density at radius 2 is 2.11 bits per heavy atom. The van der Waals surface area contributed by atoms with Crippen LogP contribution in [0.2, 0.25) is 0 Å². The molecule has 0 aromatic heterocycles. The zero-order chi connectivity index (χ0) is 13.0. The summed E-state index contributed by atoms with van der Waals surface area (Å²) in [5.74, 6) is -0.859. The molecular weight excluding hydrogens is 230 g/mol. The SMILES string of the molecule is CCCOCCN1Cc2ccc(C(=O)O)cc2C1. The van der Waals surface area contributed by atoms with E-state index in [1.54, 1.807) is 12.1 Å². The predicted molar refractivity (Wildman–Crippen MR) is 68.6 cm³/mol. The van der Waals surface area contributed by atoms with Crippen molar-refractivity contribution in [2.75, 3.05) is 19.8 Å². The van der Waals surface area contributed by atoms with Crippen molar-refractivity contribution >= 4 is 5.97 Å². The normalized spacial score (nSPS) is 14.7. The first-order valence-corrected chi connectivity index (χ1v) is 6.36. The van der Waals surface area contributed by atoms with Gasteiger partial charge in [0.05, 0.1) is 12.2 Å². The first-order chi connectivity index (χ1) is 8.70. The molecule has 98 valence electrons. The lowest BCUT2D eigenvalue weighted by molar-refractivity contribution is 0.0696. The molecule has 0 spiro atoms. The van der Waals surface area contributed by atoms with Crippen molar-refractivity contribution in [2.45, 2.75) is 26.4 Å². The molecule has 0 amide bonds. The van der Waals surface area contributed by atoms with Gasteiger partial charge in [-0.05, 0) is 29.7 Å². The monoisotopic (exact) mass is 249 g/mol. The molecule has 0 atom stereocenters. The molecule has 0 bridgehead atoms. The molecular formula is C14H19NO3. The van der Waals surface area contributed by atoms with Gasteiger partial charge in [0.15, 0.2) is 0 Å². The largest absolute Gasteiger partial charge is 0.478 e. The molecule has 1 aromatic carbocycles. The van der Waals surface area contributed by atoms with Gasteiger partial charge < -0.3 is 9.84 Å². The molecule has 0 fully saturated rings. The van der Waals surface area contributed by atoms with Crippen molar-refractivity contribution < 1.29 is 14.6 Å². The Morgan fingerprint density at radius 3 is 2.83 bits per heavy atom. The molecule has 1 aliphatic rings. The number of ether oxygens (including phenoxy) is 1. The zero-order valence-corrected chi connectivity index (χ0v) is 10.7. The van der Waals surface area contributed by atoms with E-state index in [-0.39, 0.29) is 0 Å². The molecule has 1 heterocycles. The first-order valence-electron chi connectivity index (χ1n) is 6.36. The molecule has 0 unspecified atom stereocenters. The number of benzene rings is 1. The quantitative estimate of drug-likeness (QED) is 0.785. The summed E-state index contributed by atoms with van der Waals surface area (Å²) >= 11 is 0. The van der Waals surface area contributed by atoms with E-state index in [1.165, 1.54) is 5.56 Å². The van der Waals surface area contributed by atoms with Crippen LogP contribution in [0.3, 0.4) is 0 Å². The summed E-state index contributed by atoms with van der Waals surface area (Å²) < 4.78 is 5.47. The molecule has 1 N–H and O–H groups in total. The van der Waals surface area contributed by atoms with Crippen LogP contribution in [0.5, 0.6) is 0 Å². The van der Waals surface area contributed by atoms with Crippen LogP contribution in [-0.4, -0.2) is 35.7 Å². The molecule has 1 aliphatic heterocycles. The van der Waals surface area contributed by atoms with E-state index in [0.29, 0.717) is 5.56 Å². The number of nitrogens with zero attached hydrogens (tertiary/aromatic N) is 1. The number of carbonyl (C=O) groups is 1. The van der Waals surface area contributed by atoms with Crippen LogP contribution < -0.4 is 0 Å². The average molecular weight is 249 g/mol. The Morgan fingerprint density at radius 1 is 1.33 bits per heavy atom. The van der Waals surface area contributed by atoms with Crippen LogP contribution in [-0.2, 0) is 17.8 Å². The fraction of sp³-hybridized carbons (Fsp3) is 0.500. The molecule has 0 aliphatic carbocycles. The highest BCUT2D eigenvalue weighted by atomic mass is 16.5. The van der Waals surface area contributed by atoms with E-state index in [2.05, 4.69) is 11.8 Å². The van der Waals surface area contributed by atoms with Crippen LogP contribution in [0.4, 0.5) is 0 Å². The Balaban J connectivity index is 1.89. The maximum Gasteiger partial charge on any atom is 0.335 e. The maximum atomic E-state index is 10.9. The third-order valence-electron chi connectivity index (χ3n) is 3.14. The third kappa shape index (κ3) is 3.09. The highest BCUT2D eigenvalue weighted by Crippen LogP contribution is 2.23. The van der Waals surface area contributed by atoms with Gasteiger partial charge in [-0.15, -0.1) is 0 Å². The summed E-state index contributed by atoms with van der Waals surface area (Å²) in [5.41, 5.74) is 2.73. The summed E-state index contributed by atoms with van der Waals surface area (Å²) in [6.07, 6.45) is 1.04. The molecule has 1 aromatic rings. The summed E-state index contributed by atoms with van der Waals surface area (Å²) in [5, 5.41) is 8.95. The van der Waals surface area contributed by atoms with Crippen LogP contribution >= 0.6 is 0 Å². The van der Waals surface area contributed by atoms with Gasteiger partial charge in [-0.1, -0.05) is 13.0 Å². The zero-order valence-electron chi connectivity index (χ0n) is 10.7. The maximum absolute atomic E-state index is 10.9. The van der Waals surface area contributed by atoms with Gasteiger partial charge in [-0.2, -0.15) is 0 Å². The molecule has 2 rings (SSSR count). The van der Waals surface area contributed by atoms with Crippen molar-refractivity contribution in [3.63, 3.8) is 0 Å². The Bertz CT molecular complexity index is 431. The molecule has 0 saturated heterocycles. The Kier molecular flexibility index (Phi) is 4.33. The summed E-state index contributed by atoms with van der Waals surface area (Å²) in [6.45, 7) is 6.27. The van der Waals surface area contributed by atoms with Crippen molar-refractivity contribution in [1.29, 1.82) is 0 Å². The Hall–Kier alpha value is -1.39. The van der Waals surface area contributed by atoms with Gasteiger partial charge >= 0.3 is 5.97 Å². The van der Waals surface area contributed by atoms with E-state index in [0.717, 1.165) is 44.8 Å². The van der Waals surface area contributed by atoms with Crippen LogP contribution in [0.25, 0.3) is 0 Å². The summed E-state index contributed by atoms with van der Waals surface area (Å²) in [4.78, 5) is 13.2. The fourth-order valence-electron chi connectivity index (χ4n) is 2.20. The number of hydrogen-bond donors (Lipinski definition) is 1. The van der Waals surface area contributed by atoms with Crippen molar-refractivity contribution in [3.05, 3.63) is 34.9 Å². The van der Waals surface area contributed by atoms with Gasteiger partial charge in [0, 0.05) is 26.2 Å². The van der Waals surface area contributed by atoms with Crippen LogP contribution in [0.15, 0.2) is 18.2 Å². The van der Waals surface area contributed by atoms with Crippen molar-refractivity contribution in [2.24, 2.45) is 0 Å². The Labute approximate surface area is 107 Å². The molecule has 0 radical (unpaired) electrons. The van der Waals surface area contributed by atoms with Crippen molar-refractivity contribution in [1.82, 2.24) is 4.90 Å². The number of hydrogen-bond acceptors (Lipinski definition) is 3. The van der Waals surface area contributed by atoms with Gasteiger partial charge in [-0.3, -0.25) is 4.90 Å². The minimum absolute atomic E-state index is 0.373. The standard InChI is InChI=1S/C14H19NO3/c1-2-6-18-7-5-15-9-12-4-3-11(14(16)17)8-13(12)10-15/h3-4,8H,2,5-7,9-10H2,1H3,(H,16,17). The average Bonchev–Trinajstić information content (AvgIpc) is 2.76. The van der Waals surface area contributed by atoms with E-state index in [1.807, 2.05) is 6.07 Å². The smallest absolute Gasteiger partial charge is 0.335 e. The predicted octanol–water partition coefficient (Wildman–Crippen LogP) is 2.13. The number of rotatable bonds is 6. The minimum Gasteiger partial charge on any atom is -0.478 e. The van der Waals surface area contributed by atoms with Gasteiger partial charge in [0.1, 0.15) is 0 Å². The molecule has 4 heteroatoms. The van der Waals surface area contributed by atoms with Gasteiger partial charge in [0.2, 0.25) is 0 Å². The summed E-state index contributed by atoms with van der Waals surface area (Å²) in [7, 11) is 0. The lowest BCUT2D eigenvalue weighted by atomic mass is 10.1. The number of carboxylic acids is 1. The topological polar surface area (TPSA) is 49.8 Å². The third-order valence-corrected chi connectivity index (χ3v) is 3.14. The second-order valence-electron chi connectivity index (χ2n) is 4.61. The highest BCUT2D eigenvalue weighted by molar-refractivity contribution is 5.87. The highest BCUT2D eigenvalue weighted by Gasteiger charge is 2.19. The van der Waals surface area contributed by atoms with E-state index in [9.17, 15) is 4.79 Å². The van der Waals surface area contributed by atoms with E-state index >= 15 is 0 Å². The van der Waals surface area contributed by atoms with E-state index < -0.39 is 5.97 Å². The van der Waals surface area contributed by atoms with Gasteiger partial charge in [-0.25, -0.2) is 4.79 Å². The lowest BCUT2D eigenvalue weighted by Gasteiger charge is -2.14. The first kappa shape index (κ1) is 13.1. The fourth-order valence-corrected chi connectivity index (χ4v) is 2.20. The van der Waals surface area contributed by atoms with Crippen LogP contribution in [0.1, 0.15) is 34.8 Å². The summed E-state index contributed by atoms with van der Waals surface area (Å²) in [6, 6.07) is 5.38. The van der Waals surface area contributed by atoms with Crippen molar-refractivity contribution in [3.8, 4) is 0 Å². The number of carboxylic acid groups (broad SMARTS) is 1. The molecule has 0 saturated carbocycles. The molecule has 4 nitrogen and oxygen atoms in total. The minimum atomic E-state index is -0.859. The van der Waals surface area contributed by atoms with Gasteiger partial charge in [0.25, 0.3) is 0 Å².